The Hall–Kier alpha value is -2.93. The lowest BCUT2D eigenvalue weighted by molar-refractivity contribution is -0.122. The first-order valence-electron chi connectivity index (χ1n) is 8.71. The molecule has 1 aliphatic heterocycles. The number of carbonyl (C=O) groups is 2. The Labute approximate surface area is 168 Å². The number of aryl methyl sites for hydroxylation is 2. The second-order valence-electron chi connectivity index (χ2n) is 6.36. The Balaban J connectivity index is 1.74. The molecule has 1 saturated heterocycles. The number of nitrogens with one attached hydrogen (secondary N) is 1. The van der Waals surface area contributed by atoms with Gasteiger partial charge in [0.15, 0.2) is 11.5 Å². The van der Waals surface area contributed by atoms with Crippen molar-refractivity contribution in [1.82, 2.24) is 4.90 Å². The lowest BCUT2D eigenvalue weighted by Gasteiger charge is -2.15. The molecule has 0 atom stereocenters. The van der Waals surface area contributed by atoms with Gasteiger partial charge in [-0.05, 0) is 72.6 Å². The topological polar surface area (TPSA) is 67.9 Å². The SMILES string of the molecule is COc1ccc(/C=C2\SC(=O)N(CNc3ccc(C)c(C)c3)C2=O)cc1OC. The van der Waals surface area contributed by atoms with Crippen LogP contribution in [0.25, 0.3) is 6.08 Å². The molecule has 0 aliphatic carbocycles. The van der Waals surface area contributed by atoms with Crippen molar-refractivity contribution in [1.29, 1.82) is 0 Å². The molecule has 7 heteroatoms. The van der Waals surface area contributed by atoms with Crippen LogP contribution >= 0.6 is 11.8 Å². The summed E-state index contributed by atoms with van der Waals surface area (Å²) in [5.74, 6) is 0.846. The Kier molecular flexibility index (Phi) is 5.94. The summed E-state index contributed by atoms with van der Waals surface area (Å²) in [5.41, 5.74) is 3.96. The van der Waals surface area contributed by atoms with Gasteiger partial charge >= 0.3 is 0 Å². The number of carbonyl (C=O) groups excluding carboxylic acids is 2. The number of hydrogen-bond donors (Lipinski definition) is 1. The first kappa shape index (κ1) is 19.8. The molecule has 1 N–H and O–H groups in total. The Morgan fingerprint density at radius 3 is 2.43 bits per heavy atom. The monoisotopic (exact) mass is 398 g/mol. The van der Waals surface area contributed by atoms with Gasteiger partial charge in [0, 0.05) is 5.69 Å². The molecule has 0 bridgehead atoms. The summed E-state index contributed by atoms with van der Waals surface area (Å²) < 4.78 is 10.5. The van der Waals surface area contributed by atoms with Crippen LogP contribution in [0.5, 0.6) is 11.5 Å². The average Bonchev–Trinajstić information content (AvgIpc) is 2.95. The lowest BCUT2D eigenvalue weighted by atomic mass is 10.1. The van der Waals surface area contributed by atoms with Crippen molar-refractivity contribution < 1.29 is 19.1 Å². The highest BCUT2D eigenvalue weighted by Crippen LogP contribution is 2.34. The van der Waals surface area contributed by atoms with Gasteiger partial charge in [-0.3, -0.25) is 14.5 Å². The molecule has 6 nitrogen and oxygen atoms in total. The van der Waals surface area contributed by atoms with E-state index in [4.69, 9.17) is 9.47 Å². The number of thioether (sulfide) groups is 1. The standard InChI is InChI=1S/C21H22N2O4S/c1-13-5-7-16(9-14(13)2)22-12-23-20(24)19(28-21(23)25)11-15-6-8-17(26-3)18(10-15)27-4/h5-11,22H,12H2,1-4H3/b19-11-. The zero-order chi connectivity index (χ0) is 20.3. The van der Waals surface area contributed by atoms with Crippen molar-refractivity contribution in [2.75, 3.05) is 26.2 Å². The smallest absolute Gasteiger partial charge is 0.295 e. The number of ether oxygens (including phenoxy) is 2. The second-order valence-corrected chi connectivity index (χ2v) is 7.35. The number of benzene rings is 2. The zero-order valence-corrected chi connectivity index (χ0v) is 17.1. The van der Waals surface area contributed by atoms with Crippen LogP contribution in [0.1, 0.15) is 16.7 Å². The second kappa shape index (κ2) is 8.39. The molecule has 146 valence electrons. The summed E-state index contributed by atoms with van der Waals surface area (Å²) in [6.45, 7) is 4.18. The Morgan fingerprint density at radius 2 is 1.75 bits per heavy atom. The molecule has 3 rings (SSSR count). The number of hydrogen-bond acceptors (Lipinski definition) is 6. The van der Waals surface area contributed by atoms with E-state index in [-0.39, 0.29) is 17.8 Å². The normalized spacial score (nSPS) is 15.3. The van der Waals surface area contributed by atoms with E-state index in [1.807, 2.05) is 38.1 Å². The van der Waals surface area contributed by atoms with Crippen LogP contribution in [0, 0.1) is 13.8 Å². The molecule has 1 fully saturated rings. The van der Waals surface area contributed by atoms with Gasteiger partial charge in [0.05, 0.1) is 25.8 Å². The quantitative estimate of drug-likeness (QED) is 0.726. The Bertz CT molecular complexity index is 955. The van der Waals surface area contributed by atoms with E-state index in [1.165, 1.54) is 10.5 Å². The third kappa shape index (κ3) is 4.14. The lowest BCUT2D eigenvalue weighted by Crippen LogP contribution is -2.33. The number of anilines is 1. The minimum absolute atomic E-state index is 0.121. The molecule has 28 heavy (non-hydrogen) atoms. The average molecular weight is 398 g/mol. The number of nitrogens with zero attached hydrogens (tertiary/aromatic N) is 1. The molecule has 0 radical (unpaired) electrons. The van der Waals surface area contributed by atoms with E-state index in [9.17, 15) is 9.59 Å². The maximum atomic E-state index is 12.7. The van der Waals surface area contributed by atoms with E-state index in [0.29, 0.717) is 16.4 Å². The Morgan fingerprint density at radius 1 is 1.00 bits per heavy atom. The van der Waals surface area contributed by atoms with Crippen molar-refractivity contribution in [2.45, 2.75) is 13.8 Å². The third-order valence-corrected chi connectivity index (χ3v) is 5.43. The zero-order valence-electron chi connectivity index (χ0n) is 16.2. The van der Waals surface area contributed by atoms with Crippen LogP contribution in [0.2, 0.25) is 0 Å². The van der Waals surface area contributed by atoms with E-state index in [1.54, 1.807) is 32.4 Å². The van der Waals surface area contributed by atoms with Crippen LogP contribution in [0.4, 0.5) is 10.5 Å². The minimum atomic E-state index is -0.318. The van der Waals surface area contributed by atoms with Crippen LogP contribution < -0.4 is 14.8 Å². The summed E-state index contributed by atoms with van der Waals surface area (Å²) in [4.78, 5) is 26.5. The molecule has 2 aromatic carbocycles. The highest BCUT2D eigenvalue weighted by molar-refractivity contribution is 8.18. The largest absolute Gasteiger partial charge is 0.493 e. The summed E-state index contributed by atoms with van der Waals surface area (Å²) in [7, 11) is 3.11. The van der Waals surface area contributed by atoms with Crippen LogP contribution in [-0.2, 0) is 4.79 Å². The van der Waals surface area contributed by atoms with Crippen molar-refractivity contribution in [3.63, 3.8) is 0 Å². The molecular weight excluding hydrogens is 376 g/mol. The van der Waals surface area contributed by atoms with E-state index < -0.39 is 0 Å². The van der Waals surface area contributed by atoms with Gasteiger partial charge < -0.3 is 14.8 Å². The van der Waals surface area contributed by atoms with Gasteiger partial charge in [0.2, 0.25) is 0 Å². The van der Waals surface area contributed by atoms with Crippen molar-refractivity contribution in [3.8, 4) is 11.5 Å². The predicted octanol–water partition coefficient (Wildman–Crippen LogP) is 4.43. The van der Waals surface area contributed by atoms with Crippen LogP contribution in [0.15, 0.2) is 41.3 Å². The van der Waals surface area contributed by atoms with Gasteiger partial charge in [-0.15, -0.1) is 0 Å². The van der Waals surface area contributed by atoms with E-state index in [0.717, 1.165) is 28.6 Å². The fraction of sp³-hybridized carbons (Fsp3) is 0.238. The first-order chi connectivity index (χ1) is 13.4. The van der Waals surface area contributed by atoms with Gasteiger partial charge in [-0.2, -0.15) is 0 Å². The van der Waals surface area contributed by atoms with Gasteiger partial charge in [-0.1, -0.05) is 12.1 Å². The van der Waals surface area contributed by atoms with Gasteiger partial charge in [-0.25, -0.2) is 0 Å². The first-order valence-corrected chi connectivity index (χ1v) is 9.53. The van der Waals surface area contributed by atoms with Crippen LogP contribution in [-0.4, -0.2) is 36.9 Å². The fourth-order valence-corrected chi connectivity index (χ4v) is 3.59. The molecule has 1 aliphatic rings. The summed E-state index contributed by atoms with van der Waals surface area (Å²) in [6.07, 6.45) is 1.68. The van der Waals surface area contributed by atoms with E-state index >= 15 is 0 Å². The number of rotatable bonds is 6. The molecule has 0 saturated carbocycles. The molecular formula is C21H22N2O4S. The van der Waals surface area contributed by atoms with Gasteiger partial charge in [0.25, 0.3) is 11.1 Å². The predicted molar refractivity (Wildman–Crippen MR) is 112 cm³/mol. The van der Waals surface area contributed by atoms with E-state index in [2.05, 4.69) is 5.32 Å². The summed E-state index contributed by atoms with van der Waals surface area (Å²) >= 11 is 0.927. The number of amides is 2. The summed E-state index contributed by atoms with van der Waals surface area (Å²) in [5, 5.41) is 2.84. The minimum Gasteiger partial charge on any atom is -0.493 e. The molecule has 2 aromatic rings. The van der Waals surface area contributed by atoms with Crippen molar-refractivity contribution >= 4 is 34.7 Å². The fourth-order valence-electron chi connectivity index (χ4n) is 2.75. The summed E-state index contributed by atoms with van der Waals surface area (Å²) in [6, 6.07) is 11.3. The van der Waals surface area contributed by atoms with Crippen LogP contribution in [0.3, 0.4) is 0 Å². The molecule has 0 unspecified atom stereocenters. The number of methoxy groups -OCH3 is 2. The molecule has 0 spiro atoms. The third-order valence-electron chi connectivity index (χ3n) is 4.53. The molecule has 0 aromatic heterocycles. The molecule has 1 heterocycles. The highest BCUT2D eigenvalue weighted by Gasteiger charge is 2.34. The van der Waals surface area contributed by atoms with Crippen molar-refractivity contribution in [3.05, 3.63) is 58.0 Å². The molecule has 2 amide bonds. The maximum Gasteiger partial charge on any atom is 0.295 e. The van der Waals surface area contributed by atoms with Gasteiger partial charge in [0.1, 0.15) is 0 Å². The highest BCUT2D eigenvalue weighted by atomic mass is 32.2. The number of imide groups is 1. The van der Waals surface area contributed by atoms with Crippen molar-refractivity contribution in [2.24, 2.45) is 0 Å². The maximum absolute atomic E-state index is 12.7.